The number of aliphatic carboxylic acids is 1. The third-order valence-corrected chi connectivity index (χ3v) is 2.30. The van der Waals surface area contributed by atoms with Crippen molar-refractivity contribution in [3.8, 4) is 0 Å². The van der Waals surface area contributed by atoms with Crippen LogP contribution in [0.25, 0.3) is 0 Å². The minimum absolute atomic E-state index is 0.123. The van der Waals surface area contributed by atoms with Gasteiger partial charge in [-0.2, -0.15) is 0 Å². The Morgan fingerprint density at radius 3 is 2.89 bits per heavy atom. The topological polar surface area (TPSA) is 95.7 Å². The van der Waals surface area contributed by atoms with Crippen molar-refractivity contribution in [1.29, 1.82) is 0 Å². The highest BCUT2D eigenvalue weighted by Gasteiger charge is 2.11. The molecule has 0 aromatic carbocycles. The van der Waals surface area contributed by atoms with E-state index in [1.807, 2.05) is 0 Å². The Kier molecular flexibility index (Phi) is 5.74. The van der Waals surface area contributed by atoms with Crippen molar-refractivity contribution in [2.75, 3.05) is 25.0 Å². The van der Waals surface area contributed by atoms with Crippen LogP contribution in [0.5, 0.6) is 0 Å². The summed E-state index contributed by atoms with van der Waals surface area (Å²) in [5, 5.41) is 14.9. The van der Waals surface area contributed by atoms with E-state index < -0.39 is 5.97 Å². The molecule has 0 spiro atoms. The highest BCUT2D eigenvalue weighted by molar-refractivity contribution is 5.89. The van der Waals surface area contributed by atoms with Gasteiger partial charge in [-0.25, -0.2) is 0 Å². The Hall–Kier alpha value is -2.15. The van der Waals surface area contributed by atoms with Gasteiger partial charge in [0.25, 0.3) is 0 Å². The molecule has 1 rings (SSSR count). The van der Waals surface area contributed by atoms with Gasteiger partial charge in [0.05, 0.1) is 6.54 Å². The molecule has 1 aromatic rings. The number of aryl methyl sites for hydroxylation is 1. The smallest absolute Gasteiger partial charge is 0.317 e. The van der Waals surface area contributed by atoms with Gasteiger partial charge in [0.1, 0.15) is 5.76 Å². The molecule has 7 nitrogen and oxygen atoms in total. The van der Waals surface area contributed by atoms with E-state index in [2.05, 4.69) is 17.1 Å². The first kappa shape index (κ1) is 14.9. The fourth-order valence-corrected chi connectivity index (χ4v) is 1.50. The quantitative estimate of drug-likeness (QED) is 0.679. The number of anilines is 1. The van der Waals surface area contributed by atoms with Gasteiger partial charge in [0, 0.05) is 25.6 Å². The first-order valence-corrected chi connectivity index (χ1v) is 5.79. The van der Waals surface area contributed by atoms with Crippen LogP contribution in [0, 0.1) is 6.92 Å². The normalized spacial score (nSPS) is 10.4. The highest BCUT2D eigenvalue weighted by Crippen LogP contribution is 2.07. The first-order valence-electron chi connectivity index (χ1n) is 5.79. The Labute approximate surface area is 110 Å². The van der Waals surface area contributed by atoms with Crippen LogP contribution in [0.2, 0.25) is 0 Å². The molecule has 0 bridgehead atoms. The molecule has 0 saturated carbocycles. The molecular weight excluding hydrogens is 250 g/mol. The third-order valence-electron chi connectivity index (χ3n) is 2.30. The molecule has 2 N–H and O–H groups in total. The number of carbonyl (C=O) groups is 2. The number of nitrogens with one attached hydrogen (secondary N) is 1. The predicted molar refractivity (Wildman–Crippen MR) is 68.8 cm³/mol. The van der Waals surface area contributed by atoms with Crippen LogP contribution in [0.1, 0.15) is 12.2 Å². The van der Waals surface area contributed by atoms with E-state index in [1.54, 1.807) is 24.0 Å². The van der Waals surface area contributed by atoms with Crippen LogP contribution in [0.3, 0.4) is 0 Å². The van der Waals surface area contributed by atoms with E-state index in [9.17, 15) is 9.59 Å². The lowest BCUT2D eigenvalue weighted by Gasteiger charge is -2.17. The van der Waals surface area contributed by atoms with Crippen molar-refractivity contribution in [3.05, 3.63) is 24.5 Å². The summed E-state index contributed by atoms with van der Waals surface area (Å²) in [6.07, 6.45) is 1.77. The summed E-state index contributed by atoms with van der Waals surface area (Å²) in [5.41, 5.74) is 0. The van der Waals surface area contributed by atoms with E-state index in [-0.39, 0.29) is 18.9 Å². The van der Waals surface area contributed by atoms with Gasteiger partial charge in [0.15, 0.2) is 5.82 Å². The van der Waals surface area contributed by atoms with Crippen molar-refractivity contribution in [1.82, 2.24) is 10.1 Å². The molecule has 0 unspecified atom stereocenters. The van der Waals surface area contributed by atoms with Gasteiger partial charge in [-0.1, -0.05) is 11.2 Å². The van der Waals surface area contributed by atoms with Crippen LogP contribution in [0.15, 0.2) is 23.2 Å². The maximum Gasteiger partial charge on any atom is 0.317 e. The lowest BCUT2D eigenvalue weighted by molar-refractivity contribution is -0.138. The van der Waals surface area contributed by atoms with Crippen LogP contribution in [0.4, 0.5) is 5.82 Å². The van der Waals surface area contributed by atoms with E-state index in [4.69, 9.17) is 9.63 Å². The number of aromatic nitrogens is 1. The minimum atomic E-state index is -0.936. The maximum atomic E-state index is 11.6. The molecular formula is C12H17N3O4. The number of rotatable bonds is 8. The molecule has 0 aliphatic heterocycles. The molecule has 1 aromatic heterocycles. The first-order chi connectivity index (χ1) is 9.01. The van der Waals surface area contributed by atoms with Gasteiger partial charge in [-0.15, -0.1) is 6.58 Å². The van der Waals surface area contributed by atoms with Gasteiger partial charge < -0.3 is 14.9 Å². The van der Waals surface area contributed by atoms with Crippen molar-refractivity contribution in [2.24, 2.45) is 0 Å². The molecule has 0 aliphatic carbocycles. The molecule has 0 aliphatic rings. The Balaban J connectivity index is 2.38. The molecule has 0 saturated heterocycles. The molecule has 0 atom stereocenters. The zero-order valence-corrected chi connectivity index (χ0v) is 10.8. The minimum Gasteiger partial charge on any atom is -0.480 e. The van der Waals surface area contributed by atoms with Gasteiger partial charge >= 0.3 is 5.97 Å². The molecule has 1 amide bonds. The second-order valence-electron chi connectivity index (χ2n) is 4.04. The SMILES string of the molecule is C=CCN(CCC(=O)Nc1cc(C)on1)CC(=O)O. The van der Waals surface area contributed by atoms with E-state index in [0.29, 0.717) is 24.7 Å². The van der Waals surface area contributed by atoms with Crippen LogP contribution >= 0.6 is 0 Å². The zero-order chi connectivity index (χ0) is 14.3. The second kappa shape index (κ2) is 7.32. The molecule has 19 heavy (non-hydrogen) atoms. The number of carboxylic acids is 1. The maximum absolute atomic E-state index is 11.6. The van der Waals surface area contributed by atoms with Crippen LogP contribution in [-0.2, 0) is 9.59 Å². The number of carboxylic acid groups (broad SMARTS) is 1. The molecule has 0 radical (unpaired) electrons. The summed E-state index contributed by atoms with van der Waals surface area (Å²) in [7, 11) is 0. The summed E-state index contributed by atoms with van der Waals surface area (Å²) in [5.74, 6) is -0.215. The second-order valence-corrected chi connectivity index (χ2v) is 4.04. The molecule has 1 heterocycles. The van der Waals surface area contributed by atoms with Crippen LogP contribution in [-0.4, -0.2) is 46.7 Å². The number of amides is 1. The highest BCUT2D eigenvalue weighted by atomic mass is 16.5. The van der Waals surface area contributed by atoms with Crippen LogP contribution < -0.4 is 5.32 Å². The zero-order valence-electron chi connectivity index (χ0n) is 10.8. The standard InChI is InChI=1S/C12H17N3O4/c1-3-5-15(8-12(17)18)6-4-11(16)13-10-7-9(2)19-14-10/h3,7H,1,4-6,8H2,2H3,(H,17,18)(H,13,14,16). The summed E-state index contributed by atoms with van der Waals surface area (Å²) >= 11 is 0. The monoisotopic (exact) mass is 267 g/mol. The van der Waals surface area contributed by atoms with Crippen molar-refractivity contribution < 1.29 is 19.2 Å². The Morgan fingerprint density at radius 1 is 1.63 bits per heavy atom. The lowest BCUT2D eigenvalue weighted by atomic mass is 10.3. The third kappa shape index (κ3) is 5.82. The number of hydrogen-bond acceptors (Lipinski definition) is 5. The van der Waals surface area contributed by atoms with E-state index in [1.165, 1.54) is 0 Å². The fraction of sp³-hybridized carbons (Fsp3) is 0.417. The van der Waals surface area contributed by atoms with Crippen molar-refractivity contribution >= 4 is 17.7 Å². The Morgan fingerprint density at radius 2 is 2.37 bits per heavy atom. The van der Waals surface area contributed by atoms with E-state index >= 15 is 0 Å². The lowest BCUT2D eigenvalue weighted by Crippen LogP contribution is -2.32. The van der Waals surface area contributed by atoms with E-state index in [0.717, 1.165) is 0 Å². The molecule has 104 valence electrons. The summed E-state index contributed by atoms with van der Waals surface area (Å²) in [6.45, 7) is 5.90. The van der Waals surface area contributed by atoms with Gasteiger partial charge in [0.2, 0.25) is 5.91 Å². The number of hydrogen-bond donors (Lipinski definition) is 2. The summed E-state index contributed by atoms with van der Waals surface area (Å²) < 4.78 is 4.82. The summed E-state index contributed by atoms with van der Waals surface area (Å²) in [6, 6.07) is 1.61. The number of nitrogens with zero attached hydrogens (tertiary/aromatic N) is 2. The average molecular weight is 267 g/mol. The fourth-order valence-electron chi connectivity index (χ4n) is 1.50. The van der Waals surface area contributed by atoms with Gasteiger partial charge in [-0.3, -0.25) is 14.5 Å². The molecule has 0 fully saturated rings. The predicted octanol–water partition coefficient (Wildman–Crippen LogP) is 0.884. The van der Waals surface area contributed by atoms with Crippen molar-refractivity contribution in [2.45, 2.75) is 13.3 Å². The van der Waals surface area contributed by atoms with Crippen molar-refractivity contribution in [3.63, 3.8) is 0 Å². The largest absolute Gasteiger partial charge is 0.480 e. The van der Waals surface area contributed by atoms with Gasteiger partial charge in [-0.05, 0) is 6.92 Å². The average Bonchev–Trinajstić information content (AvgIpc) is 2.71. The Bertz CT molecular complexity index is 456. The summed E-state index contributed by atoms with van der Waals surface area (Å²) in [4.78, 5) is 23.9. The number of carbonyl (C=O) groups excluding carboxylic acids is 1. The molecule has 7 heteroatoms.